The molecule has 12 N–H and O–H groups in total. The fourth-order valence-corrected chi connectivity index (χ4v) is 7.46. The molecule has 0 saturated carbocycles. The normalized spacial score (nSPS) is 25.3. The van der Waals surface area contributed by atoms with Gasteiger partial charge in [-0.25, -0.2) is 9.59 Å². The zero-order valence-electron chi connectivity index (χ0n) is 42.2. The molecule has 1 heterocycles. The average Bonchev–Trinajstić information content (AvgIpc) is 3.31. The van der Waals surface area contributed by atoms with Crippen LogP contribution in [-0.2, 0) is 54.3 Å². The second-order valence-corrected chi connectivity index (χ2v) is 18.3. The standard InChI is InChI=1S/C49H74N10O12/c1-26(2)23-37-46(66)58-40(48(69)70)30(6)42(62)55-35(17-14-22-52-49(50)51)45(65)54-34(19-18-27(3)24-28(4)38(71-10)25-33-15-12-11-13-16-33)29(5)41(61)56-36(47(67)68)20-21-39(60)59(9)32(8)44(64)53-31(7)43(63)57-37/h11-13,15-16,18-19,24,26,28-31,34-38,40H,8,14,17,20-23,25H2,1-7,9-10H3,(H,53,64)(H,54,65)(H,55,62)(H,56,61)(H,57,63)(H,58,66)(H,67,68)(H,69,70)(H4,50,51,52)/b19-18+,27-24?/t28?,29-,30?,31+,34-,35-,36?,37-,38-,40+/m0/s1. The second-order valence-electron chi connectivity index (χ2n) is 18.3. The van der Waals surface area contributed by atoms with Crippen molar-refractivity contribution >= 4 is 59.2 Å². The van der Waals surface area contributed by atoms with Crippen LogP contribution in [0.25, 0.3) is 0 Å². The number of nitrogens with two attached hydrogens (primary N) is 2. The molecule has 3 unspecified atom stereocenters. The Morgan fingerprint density at radius 1 is 0.845 bits per heavy atom. The smallest absolute Gasteiger partial charge is 0.327 e. The van der Waals surface area contributed by atoms with Crippen molar-refractivity contribution in [3.05, 3.63) is 72.0 Å². The highest BCUT2D eigenvalue weighted by Crippen LogP contribution is 2.19. The molecule has 22 heteroatoms. The van der Waals surface area contributed by atoms with Gasteiger partial charge < -0.3 is 63.2 Å². The van der Waals surface area contributed by atoms with Crippen molar-refractivity contribution in [2.45, 2.75) is 129 Å². The minimum Gasteiger partial charge on any atom is -0.480 e. The minimum absolute atomic E-state index is 0.00610. The van der Waals surface area contributed by atoms with Gasteiger partial charge in [0, 0.05) is 33.0 Å². The number of amides is 7. The van der Waals surface area contributed by atoms with E-state index < -0.39 is 120 Å². The van der Waals surface area contributed by atoms with Crippen LogP contribution >= 0.6 is 0 Å². The summed E-state index contributed by atoms with van der Waals surface area (Å²) in [7, 11) is 2.82. The fourth-order valence-electron chi connectivity index (χ4n) is 7.46. The molecule has 0 aromatic heterocycles. The number of carboxylic acid groups (broad SMARTS) is 2. The number of ether oxygens (including phenoxy) is 1. The molecule has 0 spiro atoms. The highest BCUT2D eigenvalue weighted by Gasteiger charge is 2.37. The van der Waals surface area contributed by atoms with Crippen molar-refractivity contribution < 1.29 is 58.1 Å². The predicted octanol–water partition coefficient (Wildman–Crippen LogP) is 0.618. The van der Waals surface area contributed by atoms with Crippen LogP contribution < -0.4 is 43.4 Å². The highest BCUT2D eigenvalue weighted by molar-refractivity contribution is 6.00. The molecule has 1 fully saturated rings. The first-order valence-electron chi connectivity index (χ1n) is 23.5. The highest BCUT2D eigenvalue weighted by atomic mass is 16.5. The van der Waals surface area contributed by atoms with Crippen molar-refractivity contribution in [2.24, 2.45) is 40.1 Å². The molecule has 1 saturated heterocycles. The van der Waals surface area contributed by atoms with Crippen molar-refractivity contribution in [1.82, 2.24) is 36.8 Å². The molecule has 1 aromatic carbocycles. The third-order valence-electron chi connectivity index (χ3n) is 12.0. The summed E-state index contributed by atoms with van der Waals surface area (Å²) < 4.78 is 5.81. The number of methoxy groups -OCH3 is 1. The number of nitrogens with one attached hydrogen (secondary N) is 6. The molecule has 10 atom stereocenters. The lowest BCUT2D eigenvalue weighted by molar-refractivity contribution is -0.146. The Morgan fingerprint density at radius 2 is 1.45 bits per heavy atom. The molecular formula is C49H74N10O12. The van der Waals surface area contributed by atoms with Crippen LogP contribution in [0.15, 0.2) is 71.4 Å². The predicted molar refractivity (Wildman–Crippen MR) is 264 cm³/mol. The number of guanidine groups is 1. The van der Waals surface area contributed by atoms with Crippen LogP contribution in [0, 0.1) is 23.7 Å². The van der Waals surface area contributed by atoms with E-state index in [4.69, 9.17) is 16.2 Å². The zero-order valence-corrected chi connectivity index (χ0v) is 42.2. The molecule has 22 nitrogen and oxygen atoms in total. The van der Waals surface area contributed by atoms with E-state index in [2.05, 4.69) is 43.5 Å². The van der Waals surface area contributed by atoms with E-state index in [0.717, 1.165) is 10.5 Å². The first-order valence-corrected chi connectivity index (χ1v) is 23.5. The van der Waals surface area contributed by atoms with Gasteiger partial charge in [-0.05, 0) is 57.4 Å². The number of hydrogen-bond donors (Lipinski definition) is 10. The molecule has 0 radical (unpaired) electrons. The number of carbonyl (C=O) groups is 9. The van der Waals surface area contributed by atoms with E-state index in [0.29, 0.717) is 12.0 Å². The quantitative estimate of drug-likeness (QED) is 0.0379. The lowest BCUT2D eigenvalue weighted by atomic mass is 9.94. The minimum atomic E-state index is -1.88. The Hall–Kier alpha value is -7.10. The Bertz CT molecular complexity index is 2160. The molecule has 2 rings (SSSR count). The summed E-state index contributed by atoms with van der Waals surface area (Å²) in [5, 5.41) is 35.5. The van der Waals surface area contributed by atoms with Gasteiger partial charge in [-0.15, -0.1) is 0 Å². The van der Waals surface area contributed by atoms with Gasteiger partial charge in [0.1, 0.15) is 35.9 Å². The van der Waals surface area contributed by atoms with Crippen molar-refractivity contribution in [3.63, 3.8) is 0 Å². The summed E-state index contributed by atoms with van der Waals surface area (Å²) in [4.78, 5) is 126. The van der Waals surface area contributed by atoms with Crippen LogP contribution in [0.1, 0.15) is 86.1 Å². The lowest BCUT2D eigenvalue weighted by Crippen LogP contribution is -2.59. The fraction of sp³-hybridized carbons (Fsp3) is 0.551. The number of aliphatic imine (C=N–C) groups is 1. The first-order chi connectivity index (χ1) is 33.3. The van der Waals surface area contributed by atoms with Crippen molar-refractivity contribution in [1.29, 1.82) is 0 Å². The van der Waals surface area contributed by atoms with Gasteiger partial charge >= 0.3 is 11.9 Å². The first kappa shape index (κ1) is 60.0. The van der Waals surface area contributed by atoms with Gasteiger partial charge in [0.05, 0.1) is 24.0 Å². The number of hydrogen-bond acceptors (Lipinski definition) is 11. The van der Waals surface area contributed by atoms with Gasteiger partial charge in [-0.1, -0.05) is 95.3 Å². The van der Waals surface area contributed by atoms with Crippen LogP contribution in [0.4, 0.5) is 0 Å². The Balaban J connectivity index is 2.73. The number of allylic oxidation sites excluding steroid dienone is 2. The topological polar surface area (TPSA) is 343 Å². The van der Waals surface area contributed by atoms with E-state index >= 15 is 0 Å². The summed E-state index contributed by atoms with van der Waals surface area (Å²) in [6.45, 7) is 14.9. The van der Waals surface area contributed by atoms with Crippen LogP contribution in [0.5, 0.6) is 0 Å². The van der Waals surface area contributed by atoms with E-state index in [1.54, 1.807) is 34.0 Å². The number of nitrogens with zero attached hydrogens (tertiary/aromatic N) is 2. The third-order valence-corrected chi connectivity index (χ3v) is 12.0. The van der Waals surface area contributed by atoms with E-state index in [1.807, 2.05) is 43.3 Å². The second kappa shape index (κ2) is 29.2. The van der Waals surface area contributed by atoms with E-state index in [-0.39, 0.29) is 49.7 Å². The summed E-state index contributed by atoms with van der Waals surface area (Å²) in [6.07, 6.45) is 4.64. The zero-order chi connectivity index (χ0) is 53.7. The van der Waals surface area contributed by atoms with E-state index in [1.165, 1.54) is 33.9 Å². The maximum Gasteiger partial charge on any atom is 0.327 e. The number of likely N-dealkylation sites (N-methyl/N-ethyl adjacent to an activating group) is 1. The molecule has 1 aromatic rings. The Labute approximate surface area is 415 Å². The molecule has 1 aliphatic rings. The van der Waals surface area contributed by atoms with Crippen LogP contribution in [0.3, 0.4) is 0 Å². The number of carboxylic acids is 2. The van der Waals surface area contributed by atoms with Gasteiger partial charge in [0.2, 0.25) is 35.4 Å². The van der Waals surface area contributed by atoms with Gasteiger partial charge in [-0.2, -0.15) is 0 Å². The maximum atomic E-state index is 14.4. The summed E-state index contributed by atoms with van der Waals surface area (Å²) in [6, 6.07) is 0.998. The Kier molecular flexibility index (Phi) is 24.7. The molecule has 392 valence electrons. The average molecular weight is 995 g/mol. The summed E-state index contributed by atoms with van der Waals surface area (Å²) in [5.74, 6) is -12.6. The molecule has 0 bridgehead atoms. The number of carbonyl (C=O) groups excluding carboxylic acids is 7. The van der Waals surface area contributed by atoms with Gasteiger partial charge in [-0.3, -0.25) is 38.6 Å². The molecule has 0 aliphatic carbocycles. The number of rotatable bonds is 15. The van der Waals surface area contributed by atoms with Gasteiger partial charge in [0.25, 0.3) is 5.91 Å². The SMILES string of the molecule is C=C1C(=O)N[C@H](C)C(=O)N[C@@H](CC(C)C)C(=O)N[C@@H](C(=O)O)C(C)C(=O)N[C@@H](CCCN=C(N)N)C(=O)N[C@@H](/C=C/C(C)=CC(C)[C@H](Cc2ccccc2)OC)[C@H](C)C(=O)NC(C(=O)O)CCC(=O)N1C. The molecular weight excluding hydrogens is 921 g/mol. The maximum absolute atomic E-state index is 14.4. The number of aliphatic carboxylic acids is 2. The van der Waals surface area contributed by atoms with Gasteiger partial charge in [0.15, 0.2) is 5.96 Å². The number of benzene rings is 1. The lowest BCUT2D eigenvalue weighted by Gasteiger charge is -2.28. The van der Waals surface area contributed by atoms with Crippen LogP contribution in [0.2, 0.25) is 0 Å². The molecule has 7 amide bonds. The van der Waals surface area contributed by atoms with Crippen molar-refractivity contribution in [2.75, 3.05) is 20.7 Å². The largest absolute Gasteiger partial charge is 0.480 e. The Morgan fingerprint density at radius 3 is 2.03 bits per heavy atom. The monoisotopic (exact) mass is 995 g/mol. The molecule has 1 aliphatic heterocycles. The van der Waals surface area contributed by atoms with Crippen LogP contribution in [-0.4, -0.2) is 137 Å². The summed E-state index contributed by atoms with van der Waals surface area (Å²) in [5.41, 5.74) is 12.4. The third kappa shape index (κ3) is 20.0. The molecule has 71 heavy (non-hydrogen) atoms. The van der Waals surface area contributed by atoms with E-state index in [9.17, 15) is 53.4 Å². The summed E-state index contributed by atoms with van der Waals surface area (Å²) >= 11 is 0. The van der Waals surface area contributed by atoms with Crippen molar-refractivity contribution in [3.8, 4) is 0 Å².